The van der Waals surface area contributed by atoms with Gasteiger partial charge < -0.3 is 10.1 Å². The zero-order chi connectivity index (χ0) is 13.4. The van der Waals surface area contributed by atoms with E-state index in [0.717, 1.165) is 42.4 Å². The molecule has 0 radical (unpaired) electrons. The van der Waals surface area contributed by atoms with E-state index in [9.17, 15) is 0 Å². The molecule has 18 heavy (non-hydrogen) atoms. The van der Waals surface area contributed by atoms with Crippen molar-refractivity contribution in [1.82, 2.24) is 15.5 Å². The van der Waals surface area contributed by atoms with Crippen molar-refractivity contribution in [3.05, 3.63) is 10.0 Å². The summed E-state index contributed by atoms with van der Waals surface area (Å²) in [6.45, 7) is 8.57. The highest BCUT2D eigenvalue weighted by molar-refractivity contribution is 7.11. The average Bonchev–Trinajstić information content (AvgIpc) is 2.79. The van der Waals surface area contributed by atoms with Crippen LogP contribution in [0.4, 0.5) is 0 Å². The first-order chi connectivity index (χ1) is 8.61. The zero-order valence-electron chi connectivity index (χ0n) is 11.9. The van der Waals surface area contributed by atoms with Crippen molar-refractivity contribution >= 4 is 11.3 Å². The zero-order valence-corrected chi connectivity index (χ0v) is 12.7. The number of methoxy groups -OCH3 is 1. The molecule has 1 atom stereocenters. The largest absolute Gasteiger partial charge is 0.382 e. The maximum atomic E-state index is 5.23. The lowest BCUT2D eigenvalue weighted by atomic mass is 10.2. The van der Waals surface area contributed by atoms with Crippen LogP contribution in [0.1, 0.15) is 37.2 Å². The molecule has 1 unspecified atom stereocenters. The Balaban J connectivity index is 2.21. The van der Waals surface area contributed by atoms with Gasteiger partial charge in [0.2, 0.25) is 0 Å². The number of hydrogen-bond acceptors (Lipinski definition) is 5. The molecule has 104 valence electrons. The Kier molecular flexibility index (Phi) is 7.39. The molecule has 1 aromatic heterocycles. The fourth-order valence-corrected chi connectivity index (χ4v) is 2.38. The molecule has 4 nitrogen and oxygen atoms in total. The molecule has 5 heteroatoms. The number of ether oxygens (including phenoxy) is 1. The minimum absolute atomic E-state index is 0.296. The van der Waals surface area contributed by atoms with E-state index >= 15 is 0 Å². The molecule has 1 rings (SSSR count). The van der Waals surface area contributed by atoms with E-state index in [1.807, 2.05) is 0 Å². The summed E-state index contributed by atoms with van der Waals surface area (Å²) in [7, 11) is 1.75. The molecule has 0 aromatic carbocycles. The van der Waals surface area contributed by atoms with Gasteiger partial charge in [-0.25, -0.2) is 0 Å². The molecule has 1 heterocycles. The van der Waals surface area contributed by atoms with Crippen LogP contribution in [0.3, 0.4) is 0 Å². The van der Waals surface area contributed by atoms with Crippen LogP contribution in [0.2, 0.25) is 0 Å². The van der Waals surface area contributed by atoms with Gasteiger partial charge >= 0.3 is 0 Å². The van der Waals surface area contributed by atoms with Crippen molar-refractivity contribution in [3.63, 3.8) is 0 Å². The number of hydrogen-bond donors (Lipinski definition) is 1. The van der Waals surface area contributed by atoms with Crippen LogP contribution in [0, 0.1) is 5.92 Å². The molecule has 0 bridgehead atoms. The lowest BCUT2D eigenvalue weighted by Crippen LogP contribution is -2.22. The first-order valence-electron chi connectivity index (χ1n) is 6.66. The number of nitrogens with one attached hydrogen (secondary N) is 1. The van der Waals surface area contributed by atoms with Crippen molar-refractivity contribution in [3.8, 4) is 0 Å². The lowest BCUT2D eigenvalue weighted by Gasteiger charge is -2.06. The van der Waals surface area contributed by atoms with Gasteiger partial charge in [0.25, 0.3) is 0 Å². The number of aryl methyl sites for hydroxylation is 1. The summed E-state index contributed by atoms with van der Waals surface area (Å²) in [6.07, 6.45) is 3.25. The van der Waals surface area contributed by atoms with Gasteiger partial charge in [0.1, 0.15) is 10.0 Å². The molecule has 0 spiro atoms. The molecule has 1 aromatic rings. The van der Waals surface area contributed by atoms with Gasteiger partial charge in [-0.3, -0.25) is 0 Å². The van der Waals surface area contributed by atoms with Gasteiger partial charge in [-0.05, 0) is 25.8 Å². The summed E-state index contributed by atoms with van der Waals surface area (Å²) < 4.78 is 5.23. The lowest BCUT2D eigenvalue weighted by molar-refractivity contribution is 0.111. The molecule has 0 fully saturated rings. The average molecular weight is 271 g/mol. The van der Waals surface area contributed by atoms with E-state index in [-0.39, 0.29) is 0 Å². The van der Waals surface area contributed by atoms with E-state index in [4.69, 9.17) is 4.74 Å². The van der Waals surface area contributed by atoms with Crippen LogP contribution >= 0.6 is 11.3 Å². The Morgan fingerprint density at radius 1 is 1.17 bits per heavy atom. The van der Waals surface area contributed by atoms with Crippen LogP contribution in [0.25, 0.3) is 0 Å². The molecular weight excluding hydrogens is 246 g/mol. The standard InChI is InChI=1S/C13H25N3OS/c1-10(2)9-14-8-7-13-16-15-12(18-13)6-5-11(3)17-4/h10-11,14H,5-9H2,1-4H3. The van der Waals surface area contributed by atoms with Gasteiger partial charge in [0, 0.05) is 26.5 Å². The summed E-state index contributed by atoms with van der Waals surface area (Å²) in [5.41, 5.74) is 0. The molecule has 0 aliphatic rings. The van der Waals surface area contributed by atoms with Gasteiger partial charge in [0.05, 0.1) is 6.10 Å². The van der Waals surface area contributed by atoms with Gasteiger partial charge in [-0.1, -0.05) is 13.8 Å². The summed E-state index contributed by atoms with van der Waals surface area (Å²) in [6, 6.07) is 0. The van der Waals surface area contributed by atoms with Crippen LogP contribution in [0.5, 0.6) is 0 Å². The van der Waals surface area contributed by atoms with Crippen LogP contribution in [-0.4, -0.2) is 36.5 Å². The topological polar surface area (TPSA) is 47.0 Å². The van der Waals surface area contributed by atoms with Crippen molar-refractivity contribution in [2.45, 2.75) is 46.1 Å². The summed E-state index contributed by atoms with van der Waals surface area (Å²) in [5, 5.41) is 14.1. The van der Waals surface area contributed by atoms with Crippen LogP contribution in [0.15, 0.2) is 0 Å². The molecule has 0 saturated heterocycles. The molecule has 1 N–H and O–H groups in total. The normalized spacial score (nSPS) is 13.2. The Labute approximate surface area is 114 Å². The highest BCUT2D eigenvalue weighted by Crippen LogP contribution is 2.13. The van der Waals surface area contributed by atoms with E-state index in [2.05, 4.69) is 36.3 Å². The smallest absolute Gasteiger partial charge is 0.118 e. The second-order valence-electron chi connectivity index (χ2n) is 5.02. The first-order valence-corrected chi connectivity index (χ1v) is 7.48. The maximum Gasteiger partial charge on any atom is 0.118 e. The molecule has 0 aliphatic heterocycles. The highest BCUT2D eigenvalue weighted by atomic mass is 32.1. The fraction of sp³-hybridized carbons (Fsp3) is 0.846. The van der Waals surface area contributed by atoms with E-state index in [0.29, 0.717) is 12.0 Å². The Bertz CT molecular complexity index is 328. The first kappa shape index (κ1) is 15.5. The van der Waals surface area contributed by atoms with Crippen molar-refractivity contribution in [2.24, 2.45) is 5.92 Å². The monoisotopic (exact) mass is 271 g/mol. The molecule has 0 aliphatic carbocycles. The van der Waals surface area contributed by atoms with Gasteiger partial charge in [-0.2, -0.15) is 0 Å². The predicted octanol–water partition coefficient (Wildman–Crippen LogP) is 2.29. The molecule has 0 amide bonds. The van der Waals surface area contributed by atoms with E-state index in [1.54, 1.807) is 18.4 Å². The molecule has 0 saturated carbocycles. The van der Waals surface area contributed by atoms with Gasteiger partial charge in [-0.15, -0.1) is 21.5 Å². The van der Waals surface area contributed by atoms with Crippen LogP contribution < -0.4 is 5.32 Å². The number of rotatable bonds is 9. The van der Waals surface area contributed by atoms with Crippen molar-refractivity contribution in [2.75, 3.05) is 20.2 Å². The Morgan fingerprint density at radius 3 is 2.44 bits per heavy atom. The minimum Gasteiger partial charge on any atom is -0.382 e. The third-order valence-electron chi connectivity index (χ3n) is 2.74. The van der Waals surface area contributed by atoms with Crippen molar-refractivity contribution < 1.29 is 4.74 Å². The van der Waals surface area contributed by atoms with Crippen molar-refractivity contribution in [1.29, 1.82) is 0 Å². The minimum atomic E-state index is 0.296. The second kappa shape index (κ2) is 8.56. The van der Waals surface area contributed by atoms with E-state index < -0.39 is 0 Å². The molecular formula is C13H25N3OS. The van der Waals surface area contributed by atoms with Crippen LogP contribution in [-0.2, 0) is 17.6 Å². The number of aromatic nitrogens is 2. The number of nitrogens with zero attached hydrogens (tertiary/aromatic N) is 2. The summed E-state index contributed by atoms with van der Waals surface area (Å²) in [4.78, 5) is 0. The van der Waals surface area contributed by atoms with E-state index in [1.165, 1.54) is 0 Å². The highest BCUT2D eigenvalue weighted by Gasteiger charge is 2.06. The maximum absolute atomic E-state index is 5.23. The third-order valence-corrected chi connectivity index (χ3v) is 3.79. The summed E-state index contributed by atoms with van der Waals surface area (Å²) >= 11 is 1.73. The Hall–Kier alpha value is -0.520. The summed E-state index contributed by atoms with van der Waals surface area (Å²) in [5.74, 6) is 0.700. The second-order valence-corrected chi connectivity index (χ2v) is 6.17. The van der Waals surface area contributed by atoms with Gasteiger partial charge in [0.15, 0.2) is 0 Å². The quantitative estimate of drug-likeness (QED) is 0.700. The SMILES string of the molecule is COC(C)CCc1nnc(CCNCC(C)C)s1. The third kappa shape index (κ3) is 6.42. The predicted molar refractivity (Wildman–Crippen MR) is 76.1 cm³/mol. The fourth-order valence-electron chi connectivity index (χ4n) is 1.52. The Morgan fingerprint density at radius 2 is 1.83 bits per heavy atom.